The molecule has 0 spiro atoms. The molecule has 0 radical (unpaired) electrons. The van der Waals surface area contributed by atoms with Crippen LogP contribution in [0.3, 0.4) is 0 Å². The lowest BCUT2D eigenvalue weighted by atomic mass is 10.2. The molecule has 5 nitrogen and oxygen atoms in total. The Balaban J connectivity index is 1.70. The zero-order chi connectivity index (χ0) is 14.4. The standard InChI is InChI=1S/C15H25N3O2/c1-17-6-8-18(9-7-17)11-14(19)12-20-15-4-2-13(10-16)3-5-15/h2-5,14,19H,6-12,16H2,1H3. The molecule has 0 saturated carbocycles. The highest BCUT2D eigenvalue weighted by atomic mass is 16.5. The van der Waals surface area contributed by atoms with Crippen molar-refractivity contribution >= 4 is 0 Å². The van der Waals surface area contributed by atoms with Gasteiger partial charge in [-0.25, -0.2) is 0 Å². The molecule has 1 aliphatic heterocycles. The number of nitrogens with two attached hydrogens (primary N) is 1. The van der Waals surface area contributed by atoms with Crippen LogP contribution in [0.15, 0.2) is 24.3 Å². The predicted octanol–water partition coefficient (Wildman–Crippen LogP) is 0.132. The highest BCUT2D eigenvalue weighted by Gasteiger charge is 2.17. The molecule has 1 aliphatic rings. The van der Waals surface area contributed by atoms with Crippen molar-refractivity contribution in [3.05, 3.63) is 29.8 Å². The Labute approximate surface area is 120 Å². The molecule has 0 aliphatic carbocycles. The van der Waals surface area contributed by atoms with Crippen molar-refractivity contribution in [2.45, 2.75) is 12.6 Å². The average Bonchev–Trinajstić information content (AvgIpc) is 2.48. The van der Waals surface area contributed by atoms with E-state index in [0.717, 1.165) is 37.5 Å². The summed E-state index contributed by atoms with van der Waals surface area (Å²) in [6.45, 7) is 5.69. The third kappa shape index (κ3) is 4.76. The lowest BCUT2D eigenvalue weighted by Crippen LogP contribution is -2.47. The Bertz CT molecular complexity index is 389. The van der Waals surface area contributed by atoms with Gasteiger partial charge in [0.2, 0.25) is 0 Å². The second-order valence-electron chi connectivity index (χ2n) is 5.42. The van der Waals surface area contributed by atoms with Gasteiger partial charge in [-0.2, -0.15) is 0 Å². The molecule has 1 saturated heterocycles. The summed E-state index contributed by atoms with van der Waals surface area (Å²) in [5.74, 6) is 0.777. The number of β-amino-alcohol motifs (C(OH)–C–C–N with tert-alkyl or cyclic N) is 1. The molecule has 1 fully saturated rings. The Kier molecular flexibility index (Phi) is 5.79. The first-order chi connectivity index (χ1) is 9.67. The molecule has 2 rings (SSSR count). The first-order valence-electron chi connectivity index (χ1n) is 7.18. The van der Waals surface area contributed by atoms with Crippen LogP contribution < -0.4 is 10.5 Å². The van der Waals surface area contributed by atoms with E-state index in [1.54, 1.807) is 0 Å². The molecule has 0 amide bonds. The molecular formula is C15H25N3O2. The van der Waals surface area contributed by atoms with Gasteiger partial charge in [-0.1, -0.05) is 12.1 Å². The minimum atomic E-state index is -0.451. The Morgan fingerprint density at radius 1 is 1.20 bits per heavy atom. The quantitative estimate of drug-likeness (QED) is 0.775. The summed E-state index contributed by atoms with van der Waals surface area (Å²) < 4.78 is 5.60. The SMILES string of the molecule is CN1CCN(CC(O)COc2ccc(CN)cc2)CC1. The predicted molar refractivity (Wildman–Crippen MR) is 79.8 cm³/mol. The van der Waals surface area contributed by atoms with Crippen LogP contribution in [0.1, 0.15) is 5.56 Å². The van der Waals surface area contributed by atoms with Gasteiger partial charge in [-0.3, -0.25) is 4.90 Å². The molecule has 3 N–H and O–H groups in total. The number of piperazine rings is 1. The zero-order valence-electron chi connectivity index (χ0n) is 12.2. The molecular weight excluding hydrogens is 254 g/mol. The molecule has 1 aromatic rings. The topological polar surface area (TPSA) is 62.0 Å². The van der Waals surface area contributed by atoms with Crippen molar-refractivity contribution in [2.75, 3.05) is 46.4 Å². The first-order valence-corrected chi connectivity index (χ1v) is 7.18. The first kappa shape index (κ1) is 15.3. The van der Waals surface area contributed by atoms with Gasteiger partial charge in [0.05, 0.1) is 0 Å². The van der Waals surface area contributed by atoms with Gasteiger partial charge >= 0.3 is 0 Å². The molecule has 1 atom stereocenters. The van der Waals surface area contributed by atoms with Crippen molar-refractivity contribution in [3.63, 3.8) is 0 Å². The number of aliphatic hydroxyl groups excluding tert-OH is 1. The molecule has 5 heteroatoms. The monoisotopic (exact) mass is 279 g/mol. The summed E-state index contributed by atoms with van der Waals surface area (Å²) in [6, 6.07) is 7.68. The van der Waals surface area contributed by atoms with Crippen LogP contribution in [-0.2, 0) is 6.54 Å². The van der Waals surface area contributed by atoms with Gasteiger partial charge in [-0.15, -0.1) is 0 Å². The maximum atomic E-state index is 10.0. The van der Waals surface area contributed by atoms with E-state index < -0.39 is 6.10 Å². The number of nitrogens with zero attached hydrogens (tertiary/aromatic N) is 2. The van der Waals surface area contributed by atoms with Crippen LogP contribution in [0.25, 0.3) is 0 Å². The molecule has 1 unspecified atom stereocenters. The Morgan fingerprint density at radius 2 is 1.85 bits per heavy atom. The molecule has 20 heavy (non-hydrogen) atoms. The Hall–Kier alpha value is -1.14. The number of aliphatic hydroxyl groups is 1. The highest BCUT2D eigenvalue weighted by molar-refractivity contribution is 5.27. The smallest absolute Gasteiger partial charge is 0.119 e. The fourth-order valence-corrected chi connectivity index (χ4v) is 2.30. The normalized spacial score (nSPS) is 18.9. The minimum absolute atomic E-state index is 0.328. The van der Waals surface area contributed by atoms with Crippen molar-refractivity contribution in [3.8, 4) is 5.75 Å². The van der Waals surface area contributed by atoms with E-state index in [1.165, 1.54) is 0 Å². The number of hydrogen-bond donors (Lipinski definition) is 2. The number of ether oxygens (including phenoxy) is 1. The third-order valence-corrected chi connectivity index (χ3v) is 3.67. The second-order valence-corrected chi connectivity index (χ2v) is 5.42. The molecule has 112 valence electrons. The lowest BCUT2D eigenvalue weighted by Gasteiger charge is -2.33. The molecule has 1 heterocycles. The summed E-state index contributed by atoms with van der Waals surface area (Å²) in [7, 11) is 2.13. The van der Waals surface area contributed by atoms with Crippen LogP contribution in [0, 0.1) is 0 Å². The lowest BCUT2D eigenvalue weighted by molar-refractivity contribution is 0.0505. The van der Waals surface area contributed by atoms with Gasteiger partial charge < -0.3 is 20.5 Å². The molecule has 1 aromatic carbocycles. The summed E-state index contributed by atoms with van der Waals surface area (Å²) in [6.07, 6.45) is -0.451. The van der Waals surface area contributed by atoms with Crippen molar-refractivity contribution in [2.24, 2.45) is 5.73 Å². The van der Waals surface area contributed by atoms with Gasteiger partial charge in [0, 0.05) is 39.3 Å². The summed E-state index contributed by atoms with van der Waals surface area (Å²) in [4.78, 5) is 4.59. The van der Waals surface area contributed by atoms with Crippen LogP contribution in [-0.4, -0.2) is 67.4 Å². The van der Waals surface area contributed by atoms with E-state index in [1.807, 2.05) is 24.3 Å². The van der Waals surface area contributed by atoms with Gasteiger partial charge in [0.15, 0.2) is 0 Å². The Morgan fingerprint density at radius 3 is 2.45 bits per heavy atom. The van der Waals surface area contributed by atoms with E-state index in [4.69, 9.17) is 10.5 Å². The van der Waals surface area contributed by atoms with Crippen molar-refractivity contribution < 1.29 is 9.84 Å². The van der Waals surface area contributed by atoms with Crippen LogP contribution in [0.4, 0.5) is 0 Å². The van der Waals surface area contributed by atoms with E-state index >= 15 is 0 Å². The van der Waals surface area contributed by atoms with E-state index in [2.05, 4.69) is 16.8 Å². The largest absolute Gasteiger partial charge is 0.491 e. The number of hydrogen-bond acceptors (Lipinski definition) is 5. The average molecular weight is 279 g/mol. The van der Waals surface area contributed by atoms with Crippen LogP contribution >= 0.6 is 0 Å². The fourth-order valence-electron chi connectivity index (χ4n) is 2.30. The van der Waals surface area contributed by atoms with Gasteiger partial charge in [-0.05, 0) is 24.7 Å². The van der Waals surface area contributed by atoms with Gasteiger partial charge in [0.1, 0.15) is 18.5 Å². The second kappa shape index (κ2) is 7.59. The molecule has 0 bridgehead atoms. The summed E-state index contributed by atoms with van der Waals surface area (Å²) >= 11 is 0. The summed E-state index contributed by atoms with van der Waals surface area (Å²) in [5.41, 5.74) is 6.63. The number of benzene rings is 1. The molecule has 0 aromatic heterocycles. The van der Waals surface area contributed by atoms with Crippen LogP contribution in [0.2, 0.25) is 0 Å². The van der Waals surface area contributed by atoms with Gasteiger partial charge in [0.25, 0.3) is 0 Å². The zero-order valence-corrected chi connectivity index (χ0v) is 12.2. The van der Waals surface area contributed by atoms with E-state index in [9.17, 15) is 5.11 Å². The van der Waals surface area contributed by atoms with Crippen molar-refractivity contribution in [1.82, 2.24) is 9.80 Å². The fraction of sp³-hybridized carbons (Fsp3) is 0.600. The maximum Gasteiger partial charge on any atom is 0.119 e. The van der Waals surface area contributed by atoms with Crippen LogP contribution in [0.5, 0.6) is 5.75 Å². The van der Waals surface area contributed by atoms with E-state index in [0.29, 0.717) is 19.7 Å². The highest BCUT2D eigenvalue weighted by Crippen LogP contribution is 2.12. The number of rotatable bonds is 6. The third-order valence-electron chi connectivity index (χ3n) is 3.67. The van der Waals surface area contributed by atoms with E-state index in [-0.39, 0.29) is 0 Å². The number of likely N-dealkylation sites (N-methyl/N-ethyl adjacent to an activating group) is 1. The maximum absolute atomic E-state index is 10.0. The van der Waals surface area contributed by atoms with Crippen molar-refractivity contribution in [1.29, 1.82) is 0 Å². The minimum Gasteiger partial charge on any atom is -0.491 e. The summed E-state index contributed by atoms with van der Waals surface area (Å²) in [5, 5.41) is 10.0.